The molecule has 0 radical (unpaired) electrons. The van der Waals surface area contributed by atoms with E-state index >= 15 is 0 Å². The molecule has 0 atom stereocenters. The number of urea groups is 1. The maximum Gasteiger partial charge on any atom is 0.315 e. The van der Waals surface area contributed by atoms with Crippen LogP contribution < -0.4 is 24.4 Å². The van der Waals surface area contributed by atoms with Gasteiger partial charge in [0.15, 0.2) is 0 Å². The molecule has 2 amide bonds. The summed E-state index contributed by atoms with van der Waals surface area (Å²) in [5.41, 5.74) is 0.352. The molecule has 1 rings (SSSR count). The molecule has 24 heavy (non-hydrogen) atoms. The number of rotatable bonds is 8. The molecule has 1 aromatic rings. The Labute approximate surface area is 143 Å². The summed E-state index contributed by atoms with van der Waals surface area (Å²) in [7, 11) is -0.618. The number of hydrogen-bond acceptors (Lipinski definition) is 5. The first-order valence-corrected chi connectivity index (χ1v) is 9.28. The zero-order valence-corrected chi connectivity index (χ0v) is 15.4. The van der Waals surface area contributed by atoms with Gasteiger partial charge in [-0.25, -0.2) is 13.2 Å². The SMILES string of the molecule is COc1ccc(OC)c(N(CCNC(=O)NC(C)C)S(C)(=O)=O)c1. The quantitative estimate of drug-likeness (QED) is 0.726. The number of methoxy groups -OCH3 is 2. The van der Waals surface area contributed by atoms with Crippen LogP contribution in [0.5, 0.6) is 11.5 Å². The Morgan fingerprint density at radius 3 is 2.42 bits per heavy atom. The molecule has 0 aromatic heterocycles. The first-order chi connectivity index (χ1) is 11.2. The van der Waals surface area contributed by atoms with E-state index in [1.54, 1.807) is 18.2 Å². The number of anilines is 1. The average Bonchev–Trinajstić information content (AvgIpc) is 2.49. The van der Waals surface area contributed by atoms with Gasteiger partial charge in [0.25, 0.3) is 0 Å². The third-order valence-corrected chi connectivity index (χ3v) is 4.26. The van der Waals surface area contributed by atoms with Gasteiger partial charge >= 0.3 is 6.03 Å². The van der Waals surface area contributed by atoms with E-state index < -0.39 is 10.0 Å². The fourth-order valence-electron chi connectivity index (χ4n) is 2.04. The van der Waals surface area contributed by atoms with Gasteiger partial charge in [-0.05, 0) is 26.0 Å². The van der Waals surface area contributed by atoms with Crippen molar-refractivity contribution < 1.29 is 22.7 Å². The molecule has 0 unspecified atom stereocenters. The van der Waals surface area contributed by atoms with Crippen molar-refractivity contribution in [3.05, 3.63) is 18.2 Å². The lowest BCUT2D eigenvalue weighted by Crippen LogP contribution is -2.44. The van der Waals surface area contributed by atoms with E-state index in [0.717, 1.165) is 6.26 Å². The number of nitrogens with zero attached hydrogens (tertiary/aromatic N) is 1. The highest BCUT2D eigenvalue weighted by atomic mass is 32.2. The minimum Gasteiger partial charge on any atom is -0.497 e. The van der Waals surface area contributed by atoms with Crippen molar-refractivity contribution in [3.8, 4) is 11.5 Å². The van der Waals surface area contributed by atoms with Crippen molar-refractivity contribution >= 4 is 21.7 Å². The Morgan fingerprint density at radius 1 is 1.25 bits per heavy atom. The Kier molecular flexibility index (Phi) is 7.15. The summed E-state index contributed by atoms with van der Waals surface area (Å²) in [6.45, 7) is 3.88. The summed E-state index contributed by atoms with van der Waals surface area (Å²) < 4.78 is 35.9. The topological polar surface area (TPSA) is 97.0 Å². The van der Waals surface area contributed by atoms with Crippen LogP contribution in [-0.4, -0.2) is 54.1 Å². The lowest BCUT2D eigenvalue weighted by molar-refractivity contribution is 0.239. The van der Waals surface area contributed by atoms with Gasteiger partial charge in [-0.2, -0.15) is 0 Å². The van der Waals surface area contributed by atoms with Crippen LogP contribution in [-0.2, 0) is 10.0 Å². The molecular formula is C15H25N3O5S. The Morgan fingerprint density at radius 2 is 1.92 bits per heavy atom. The van der Waals surface area contributed by atoms with Crippen molar-refractivity contribution in [2.24, 2.45) is 0 Å². The van der Waals surface area contributed by atoms with E-state index in [4.69, 9.17) is 9.47 Å². The Bertz CT molecular complexity index is 661. The first kappa shape index (κ1) is 19.9. The molecule has 1 aromatic carbocycles. The van der Waals surface area contributed by atoms with Crippen molar-refractivity contribution in [2.75, 3.05) is 37.9 Å². The maximum atomic E-state index is 12.2. The van der Waals surface area contributed by atoms with Gasteiger partial charge in [0.2, 0.25) is 10.0 Å². The monoisotopic (exact) mass is 359 g/mol. The number of amides is 2. The average molecular weight is 359 g/mol. The smallest absolute Gasteiger partial charge is 0.315 e. The number of ether oxygens (including phenoxy) is 2. The standard InChI is InChI=1S/C15H25N3O5S/c1-11(2)17-15(19)16-8-9-18(24(5,20)21)13-10-12(22-3)6-7-14(13)23-4/h6-7,10-11H,8-9H2,1-5H3,(H2,16,17,19). The summed E-state index contributed by atoms with van der Waals surface area (Å²) in [4.78, 5) is 11.6. The Hall–Kier alpha value is -2.16. The largest absolute Gasteiger partial charge is 0.497 e. The molecule has 0 saturated carbocycles. The van der Waals surface area contributed by atoms with Gasteiger partial charge in [-0.1, -0.05) is 0 Å². The number of benzene rings is 1. The van der Waals surface area contributed by atoms with Crippen LogP contribution in [0.4, 0.5) is 10.5 Å². The molecule has 0 fully saturated rings. The van der Waals surface area contributed by atoms with Crippen molar-refractivity contribution in [1.29, 1.82) is 0 Å². The normalized spacial score (nSPS) is 11.1. The summed E-state index contributed by atoms with van der Waals surface area (Å²) >= 11 is 0. The predicted molar refractivity (Wildman–Crippen MR) is 93.4 cm³/mol. The van der Waals surface area contributed by atoms with E-state index in [0.29, 0.717) is 17.2 Å². The first-order valence-electron chi connectivity index (χ1n) is 7.43. The molecule has 2 N–H and O–H groups in total. The highest BCUT2D eigenvalue weighted by molar-refractivity contribution is 7.92. The zero-order chi connectivity index (χ0) is 18.3. The van der Waals surface area contributed by atoms with Crippen molar-refractivity contribution in [3.63, 3.8) is 0 Å². The molecule has 0 aliphatic heterocycles. The molecule has 0 heterocycles. The third kappa shape index (κ3) is 5.80. The van der Waals surface area contributed by atoms with Gasteiger partial charge in [0.1, 0.15) is 11.5 Å². The summed E-state index contributed by atoms with van der Waals surface area (Å²) in [6, 6.07) is 4.53. The molecule has 136 valence electrons. The zero-order valence-electron chi connectivity index (χ0n) is 14.6. The fourth-order valence-corrected chi connectivity index (χ4v) is 2.96. The van der Waals surface area contributed by atoms with Crippen LogP contribution in [0.3, 0.4) is 0 Å². The van der Waals surface area contributed by atoms with E-state index in [9.17, 15) is 13.2 Å². The lowest BCUT2D eigenvalue weighted by Gasteiger charge is -2.25. The molecule has 0 aliphatic rings. The van der Waals surface area contributed by atoms with E-state index in [1.807, 2.05) is 13.8 Å². The molecule has 9 heteroatoms. The van der Waals surface area contributed by atoms with Crippen molar-refractivity contribution in [1.82, 2.24) is 10.6 Å². The molecule has 8 nitrogen and oxygen atoms in total. The van der Waals surface area contributed by atoms with E-state index in [2.05, 4.69) is 10.6 Å². The maximum absolute atomic E-state index is 12.2. The number of sulfonamides is 1. The van der Waals surface area contributed by atoms with Gasteiger partial charge in [0, 0.05) is 18.7 Å². The van der Waals surface area contributed by atoms with Crippen LogP contribution >= 0.6 is 0 Å². The van der Waals surface area contributed by atoms with Crippen LogP contribution in [0.15, 0.2) is 18.2 Å². The fraction of sp³-hybridized carbons (Fsp3) is 0.533. The molecular weight excluding hydrogens is 334 g/mol. The van der Waals surface area contributed by atoms with Gasteiger partial charge < -0.3 is 20.1 Å². The third-order valence-electron chi connectivity index (χ3n) is 3.08. The number of carbonyl (C=O) groups excluding carboxylic acids is 1. The summed E-state index contributed by atoms with van der Waals surface area (Å²) in [5, 5.41) is 5.30. The molecule has 0 aliphatic carbocycles. The van der Waals surface area contributed by atoms with E-state index in [-0.39, 0.29) is 25.2 Å². The van der Waals surface area contributed by atoms with Crippen molar-refractivity contribution in [2.45, 2.75) is 19.9 Å². The summed E-state index contributed by atoms with van der Waals surface area (Å²) in [5.74, 6) is 0.901. The second-order valence-electron chi connectivity index (χ2n) is 5.43. The second-order valence-corrected chi connectivity index (χ2v) is 7.33. The van der Waals surface area contributed by atoms with Gasteiger partial charge in [0.05, 0.1) is 32.7 Å². The molecule has 0 saturated heterocycles. The summed E-state index contributed by atoms with van der Waals surface area (Å²) in [6.07, 6.45) is 1.10. The highest BCUT2D eigenvalue weighted by Crippen LogP contribution is 2.33. The number of carbonyl (C=O) groups is 1. The van der Waals surface area contributed by atoms with Gasteiger partial charge in [-0.15, -0.1) is 0 Å². The second kappa shape index (κ2) is 8.62. The van der Waals surface area contributed by atoms with Crippen LogP contribution in [0.2, 0.25) is 0 Å². The molecule has 0 bridgehead atoms. The lowest BCUT2D eigenvalue weighted by atomic mass is 10.2. The highest BCUT2D eigenvalue weighted by Gasteiger charge is 2.22. The van der Waals surface area contributed by atoms with Crippen LogP contribution in [0.25, 0.3) is 0 Å². The van der Waals surface area contributed by atoms with Gasteiger partial charge in [-0.3, -0.25) is 4.31 Å². The number of hydrogen-bond donors (Lipinski definition) is 2. The molecule has 0 spiro atoms. The minimum atomic E-state index is -3.57. The predicted octanol–water partition coefficient (Wildman–Crippen LogP) is 1.18. The Balaban J connectivity index is 2.97. The minimum absolute atomic E-state index is 0.00510. The number of nitrogens with one attached hydrogen (secondary N) is 2. The van der Waals surface area contributed by atoms with Crippen LogP contribution in [0, 0.1) is 0 Å². The van der Waals surface area contributed by atoms with E-state index in [1.165, 1.54) is 18.5 Å². The van der Waals surface area contributed by atoms with Crippen LogP contribution in [0.1, 0.15) is 13.8 Å².